The van der Waals surface area contributed by atoms with Crippen LogP contribution in [0.4, 0.5) is 0 Å². The lowest BCUT2D eigenvalue weighted by Gasteiger charge is -2.21. The van der Waals surface area contributed by atoms with E-state index in [2.05, 4.69) is 35.8 Å². The van der Waals surface area contributed by atoms with E-state index in [1.54, 1.807) is 0 Å². The molecule has 18 heavy (non-hydrogen) atoms. The van der Waals surface area contributed by atoms with E-state index in [9.17, 15) is 0 Å². The van der Waals surface area contributed by atoms with Crippen LogP contribution >= 0.6 is 15.9 Å². The molecule has 0 spiro atoms. The standard InChI is InChI=1S/C14H15BrN2O/c1-10(2)12(5-6-16)13-9-11(15)3-4-14(13)18-8-7-17/h3-4,9-10,12H,5,8H2,1-2H3/t12-/m0/s1. The second-order valence-electron chi connectivity index (χ2n) is 4.34. The minimum Gasteiger partial charge on any atom is -0.478 e. The molecule has 1 aromatic rings. The molecule has 4 heteroatoms. The van der Waals surface area contributed by atoms with Gasteiger partial charge in [0, 0.05) is 16.8 Å². The van der Waals surface area contributed by atoms with Crippen molar-refractivity contribution >= 4 is 15.9 Å². The van der Waals surface area contributed by atoms with Crippen molar-refractivity contribution in [1.82, 2.24) is 0 Å². The Balaban J connectivity index is 3.14. The third-order valence-corrected chi connectivity index (χ3v) is 3.27. The highest BCUT2D eigenvalue weighted by atomic mass is 79.9. The summed E-state index contributed by atoms with van der Waals surface area (Å²) in [5.74, 6) is 1.14. The molecule has 0 saturated carbocycles. The van der Waals surface area contributed by atoms with E-state index in [4.69, 9.17) is 15.3 Å². The highest BCUT2D eigenvalue weighted by Crippen LogP contribution is 2.36. The van der Waals surface area contributed by atoms with Gasteiger partial charge in [-0.15, -0.1) is 0 Å². The fraction of sp³-hybridized carbons (Fsp3) is 0.429. The summed E-state index contributed by atoms with van der Waals surface area (Å²) in [6.45, 7) is 4.18. The summed E-state index contributed by atoms with van der Waals surface area (Å²) in [5.41, 5.74) is 0.983. The Kier molecular flexibility index (Phi) is 5.68. The van der Waals surface area contributed by atoms with Crippen LogP contribution in [0.2, 0.25) is 0 Å². The summed E-state index contributed by atoms with van der Waals surface area (Å²) in [7, 11) is 0. The lowest BCUT2D eigenvalue weighted by Crippen LogP contribution is -2.09. The highest BCUT2D eigenvalue weighted by Gasteiger charge is 2.20. The predicted molar refractivity (Wildman–Crippen MR) is 73.1 cm³/mol. The van der Waals surface area contributed by atoms with Crippen molar-refractivity contribution in [2.24, 2.45) is 5.92 Å². The maximum absolute atomic E-state index is 8.93. The van der Waals surface area contributed by atoms with Crippen molar-refractivity contribution in [3.8, 4) is 17.9 Å². The molecule has 0 saturated heterocycles. The van der Waals surface area contributed by atoms with Crippen LogP contribution in [-0.4, -0.2) is 6.61 Å². The third-order valence-electron chi connectivity index (χ3n) is 2.78. The largest absolute Gasteiger partial charge is 0.478 e. The van der Waals surface area contributed by atoms with Gasteiger partial charge in [0.05, 0.1) is 6.07 Å². The van der Waals surface area contributed by atoms with Crippen LogP contribution in [0.25, 0.3) is 0 Å². The summed E-state index contributed by atoms with van der Waals surface area (Å²) in [5, 5.41) is 17.5. The molecule has 0 amide bonds. The Labute approximate surface area is 116 Å². The topological polar surface area (TPSA) is 56.8 Å². The van der Waals surface area contributed by atoms with Crippen molar-refractivity contribution in [3.05, 3.63) is 28.2 Å². The molecule has 0 heterocycles. The van der Waals surface area contributed by atoms with Gasteiger partial charge >= 0.3 is 0 Å². The molecule has 0 unspecified atom stereocenters. The number of hydrogen-bond donors (Lipinski definition) is 0. The molecular formula is C14H15BrN2O. The normalized spacial score (nSPS) is 11.7. The van der Waals surface area contributed by atoms with Crippen LogP contribution in [0.5, 0.6) is 5.75 Å². The molecule has 1 atom stereocenters. The molecule has 0 N–H and O–H groups in total. The predicted octanol–water partition coefficient (Wildman–Crippen LogP) is 4.00. The molecule has 0 aliphatic carbocycles. The maximum Gasteiger partial charge on any atom is 0.174 e. The number of rotatable bonds is 5. The SMILES string of the molecule is CC(C)[C@H](CC#N)c1cc(Br)ccc1OCC#N. The molecule has 0 fully saturated rings. The average molecular weight is 307 g/mol. The van der Waals surface area contributed by atoms with E-state index in [0.29, 0.717) is 18.1 Å². The quantitative estimate of drug-likeness (QED) is 0.826. The van der Waals surface area contributed by atoms with Gasteiger partial charge in [-0.25, -0.2) is 0 Å². The Hall–Kier alpha value is -1.52. The van der Waals surface area contributed by atoms with Crippen molar-refractivity contribution in [1.29, 1.82) is 10.5 Å². The summed E-state index contributed by atoms with van der Waals surface area (Å²) in [6.07, 6.45) is 0.442. The van der Waals surface area contributed by atoms with Gasteiger partial charge < -0.3 is 4.74 Å². The van der Waals surface area contributed by atoms with Crippen LogP contribution in [0, 0.1) is 28.6 Å². The molecule has 0 bridgehead atoms. The van der Waals surface area contributed by atoms with Crippen molar-refractivity contribution < 1.29 is 4.74 Å². The van der Waals surface area contributed by atoms with E-state index >= 15 is 0 Å². The van der Waals surface area contributed by atoms with Crippen molar-refractivity contribution in [2.45, 2.75) is 26.2 Å². The number of ether oxygens (including phenoxy) is 1. The highest BCUT2D eigenvalue weighted by molar-refractivity contribution is 9.10. The fourth-order valence-corrected chi connectivity index (χ4v) is 2.23. The minimum absolute atomic E-state index is 0.0198. The van der Waals surface area contributed by atoms with Crippen LogP contribution in [0.3, 0.4) is 0 Å². The van der Waals surface area contributed by atoms with Gasteiger partial charge in [-0.2, -0.15) is 10.5 Å². The Morgan fingerprint density at radius 2 is 2.00 bits per heavy atom. The Morgan fingerprint density at radius 3 is 2.56 bits per heavy atom. The lowest BCUT2D eigenvalue weighted by atomic mass is 9.86. The van der Waals surface area contributed by atoms with Gasteiger partial charge in [0.2, 0.25) is 0 Å². The Morgan fingerprint density at radius 1 is 1.28 bits per heavy atom. The maximum atomic E-state index is 8.93. The van der Waals surface area contributed by atoms with Gasteiger partial charge in [-0.3, -0.25) is 0 Å². The minimum atomic E-state index is 0.0198. The summed E-state index contributed by atoms with van der Waals surface area (Å²) in [4.78, 5) is 0. The number of hydrogen-bond acceptors (Lipinski definition) is 3. The Bertz CT molecular complexity index is 486. The van der Waals surface area contributed by atoms with Gasteiger partial charge in [-0.1, -0.05) is 29.8 Å². The zero-order valence-electron chi connectivity index (χ0n) is 10.5. The van der Waals surface area contributed by atoms with Crippen LogP contribution in [-0.2, 0) is 0 Å². The smallest absolute Gasteiger partial charge is 0.174 e. The molecular weight excluding hydrogens is 292 g/mol. The van der Waals surface area contributed by atoms with Crippen molar-refractivity contribution in [3.63, 3.8) is 0 Å². The number of nitrogens with zero attached hydrogens (tertiary/aromatic N) is 2. The van der Waals surface area contributed by atoms with Crippen LogP contribution in [0.1, 0.15) is 31.7 Å². The van der Waals surface area contributed by atoms with Crippen LogP contribution in [0.15, 0.2) is 22.7 Å². The monoisotopic (exact) mass is 306 g/mol. The zero-order valence-corrected chi connectivity index (χ0v) is 12.1. The van der Waals surface area contributed by atoms with E-state index < -0.39 is 0 Å². The van der Waals surface area contributed by atoms with Gasteiger partial charge in [-0.05, 0) is 29.7 Å². The van der Waals surface area contributed by atoms with E-state index in [0.717, 1.165) is 10.0 Å². The second kappa shape index (κ2) is 7.03. The summed E-state index contributed by atoms with van der Waals surface area (Å²) in [6, 6.07) is 9.85. The zero-order chi connectivity index (χ0) is 13.5. The number of benzene rings is 1. The molecule has 3 nitrogen and oxygen atoms in total. The first kappa shape index (κ1) is 14.5. The second-order valence-corrected chi connectivity index (χ2v) is 5.26. The molecule has 0 aliphatic rings. The van der Waals surface area contributed by atoms with E-state index in [-0.39, 0.29) is 12.5 Å². The van der Waals surface area contributed by atoms with Gasteiger partial charge in [0.15, 0.2) is 6.61 Å². The van der Waals surface area contributed by atoms with Gasteiger partial charge in [0.25, 0.3) is 0 Å². The van der Waals surface area contributed by atoms with Gasteiger partial charge in [0.1, 0.15) is 11.8 Å². The number of nitriles is 2. The molecule has 0 radical (unpaired) electrons. The first-order chi connectivity index (χ1) is 8.60. The van der Waals surface area contributed by atoms with Crippen molar-refractivity contribution in [2.75, 3.05) is 6.61 Å². The molecule has 0 aromatic heterocycles. The average Bonchev–Trinajstić information content (AvgIpc) is 2.34. The van der Waals surface area contributed by atoms with Crippen LogP contribution < -0.4 is 4.74 Å². The van der Waals surface area contributed by atoms with E-state index in [1.807, 2.05) is 24.3 Å². The lowest BCUT2D eigenvalue weighted by molar-refractivity contribution is 0.355. The van der Waals surface area contributed by atoms with E-state index in [1.165, 1.54) is 0 Å². The fourth-order valence-electron chi connectivity index (χ4n) is 1.85. The summed E-state index contributed by atoms with van der Waals surface area (Å²) >= 11 is 3.43. The first-order valence-electron chi connectivity index (χ1n) is 5.76. The third kappa shape index (κ3) is 3.75. The molecule has 1 aromatic carbocycles. The summed E-state index contributed by atoms with van der Waals surface area (Å²) < 4.78 is 6.38. The first-order valence-corrected chi connectivity index (χ1v) is 6.55. The molecule has 1 rings (SSSR count). The molecule has 94 valence electrons. The number of halogens is 1. The molecule has 0 aliphatic heterocycles.